The van der Waals surface area contributed by atoms with Crippen molar-refractivity contribution >= 4 is 27.9 Å². The Labute approximate surface area is 239 Å². The van der Waals surface area contributed by atoms with Crippen molar-refractivity contribution in [1.29, 1.82) is 0 Å². The molecule has 0 spiro atoms. The second kappa shape index (κ2) is 14.3. The maximum absolute atomic E-state index is 13.2. The van der Waals surface area contributed by atoms with E-state index < -0.39 is 38.9 Å². The number of hydrogen-bond donors (Lipinski definition) is 1. The van der Waals surface area contributed by atoms with Crippen LogP contribution in [0.2, 0.25) is 5.02 Å². The maximum atomic E-state index is 13.2. The van der Waals surface area contributed by atoms with Gasteiger partial charge in [-0.05, 0) is 42.3 Å². The number of benzene rings is 1. The van der Waals surface area contributed by atoms with Crippen LogP contribution in [0.5, 0.6) is 23.1 Å². The minimum atomic E-state index is -4.69. The topological polar surface area (TPSA) is 129 Å². The van der Waals surface area contributed by atoms with Gasteiger partial charge in [0.2, 0.25) is 11.6 Å². The lowest BCUT2D eigenvalue weighted by atomic mass is 10.2. The van der Waals surface area contributed by atoms with Crippen molar-refractivity contribution in [1.82, 2.24) is 19.0 Å². The van der Waals surface area contributed by atoms with Gasteiger partial charge in [0.25, 0.3) is 0 Å². The van der Waals surface area contributed by atoms with E-state index in [0.29, 0.717) is 22.1 Å². The van der Waals surface area contributed by atoms with E-state index in [0.717, 1.165) is 0 Å². The van der Waals surface area contributed by atoms with E-state index in [1.165, 1.54) is 37.7 Å². The molecule has 11 nitrogen and oxygen atoms in total. The highest BCUT2D eigenvalue weighted by molar-refractivity contribution is 7.87. The van der Waals surface area contributed by atoms with Crippen molar-refractivity contribution in [3.8, 4) is 23.1 Å². The fraction of sp³-hybridized carbons (Fsp3) is 0.320. The molecule has 0 saturated carbocycles. The summed E-state index contributed by atoms with van der Waals surface area (Å²) in [6.45, 7) is 1.46. The Morgan fingerprint density at radius 1 is 1.12 bits per heavy atom. The highest BCUT2D eigenvalue weighted by Crippen LogP contribution is 2.42. The number of ether oxygens (including phenoxy) is 4. The first-order valence-corrected chi connectivity index (χ1v) is 13.8. The lowest BCUT2D eigenvalue weighted by Crippen LogP contribution is -2.45. The molecule has 1 N–H and O–H groups in total. The molecule has 0 bridgehead atoms. The minimum absolute atomic E-state index is 0.00819. The molecule has 222 valence electrons. The molecule has 0 aliphatic heterocycles. The summed E-state index contributed by atoms with van der Waals surface area (Å²) in [7, 11) is -2.95. The highest BCUT2D eigenvalue weighted by atomic mass is 35.5. The number of alkyl halides is 3. The average molecular weight is 619 g/mol. The van der Waals surface area contributed by atoms with Crippen molar-refractivity contribution in [3.05, 3.63) is 71.1 Å². The number of para-hydroxylation sites is 1. The number of halogens is 4. The van der Waals surface area contributed by atoms with E-state index in [4.69, 9.17) is 30.5 Å². The molecule has 41 heavy (non-hydrogen) atoms. The van der Waals surface area contributed by atoms with E-state index >= 15 is 0 Å². The zero-order chi connectivity index (χ0) is 30.0. The third-order valence-electron chi connectivity index (χ3n) is 5.15. The Hall–Kier alpha value is -3.66. The summed E-state index contributed by atoms with van der Waals surface area (Å²) in [6, 6.07) is 7.99. The average Bonchev–Trinajstić information content (AvgIpc) is 2.93. The van der Waals surface area contributed by atoms with Crippen molar-refractivity contribution in [3.63, 3.8) is 0 Å². The van der Waals surface area contributed by atoms with Crippen molar-refractivity contribution in [2.24, 2.45) is 0 Å². The van der Waals surface area contributed by atoms with Gasteiger partial charge in [0.15, 0.2) is 11.5 Å². The van der Waals surface area contributed by atoms with Crippen LogP contribution in [0, 0.1) is 0 Å². The van der Waals surface area contributed by atoms with Crippen LogP contribution in [0.4, 0.5) is 18.0 Å². The van der Waals surface area contributed by atoms with Crippen molar-refractivity contribution in [2.75, 3.05) is 26.9 Å². The molecule has 1 amide bonds. The molecule has 1 aromatic carbocycles. The molecular weight excluding hydrogens is 593 g/mol. The fourth-order valence-corrected chi connectivity index (χ4v) is 4.56. The third kappa shape index (κ3) is 8.91. The van der Waals surface area contributed by atoms with Gasteiger partial charge in [-0.15, -0.1) is 0 Å². The van der Waals surface area contributed by atoms with E-state index in [9.17, 15) is 26.4 Å². The van der Waals surface area contributed by atoms with Gasteiger partial charge < -0.3 is 18.9 Å². The van der Waals surface area contributed by atoms with Crippen LogP contribution >= 0.6 is 11.6 Å². The van der Waals surface area contributed by atoms with Gasteiger partial charge >= 0.3 is 22.5 Å². The summed E-state index contributed by atoms with van der Waals surface area (Å²) in [6.07, 6.45) is -2.23. The lowest BCUT2D eigenvalue weighted by molar-refractivity contribution is -0.137. The van der Waals surface area contributed by atoms with E-state index in [2.05, 4.69) is 14.7 Å². The number of rotatable bonds is 13. The maximum Gasteiger partial charge on any atom is 0.430 e. The van der Waals surface area contributed by atoms with Gasteiger partial charge in [0, 0.05) is 38.8 Å². The van der Waals surface area contributed by atoms with E-state index in [-0.39, 0.29) is 50.0 Å². The molecule has 3 rings (SSSR count). The molecule has 0 atom stereocenters. The van der Waals surface area contributed by atoms with Gasteiger partial charge in [-0.3, -0.25) is 4.98 Å². The van der Waals surface area contributed by atoms with Crippen LogP contribution in [-0.2, 0) is 27.7 Å². The quantitative estimate of drug-likeness (QED) is 0.257. The number of carbonyl (C=O) groups is 1. The largest absolute Gasteiger partial charge is 0.487 e. The molecule has 0 saturated heterocycles. The second-order valence-corrected chi connectivity index (χ2v) is 10.2. The third-order valence-corrected chi connectivity index (χ3v) is 6.84. The van der Waals surface area contributed by atoms with Crippen LogP contribution < -0.4 is 18.9 Å². The van der Waals surface area contributed by atoms with Gasteiger partial charge in [0.05, 0.1) is 12.2 Å². The Balaban J connectivity index is 1.92. The summed E-state index contributed by atoms with van der Waals surface area (Å²) in [5.41, 5.74) is -0.500. The van der Waals surface area contributed by atoms with E-state index in [1.807, 2.05) is 0 Å². The first-order valence-electron chi connectivity index (χ1n) is 12.0. The van der Waals surface area contributed by atoms with E-state index in [1.54, 1.807) is 19.1 Å². The zero-order valence-electron chi connectivity index (χ0n) is 21.9. The Kier molecular flexibility index (Phi) is 11.1. The van der Waals surface area contributed by atoms with Gasteiger partial charge in [0.1, 0.15) is 11.6 Å². The second-order valence-electron chi connectivity index (χ2n) is 8.16. The zero-order valence-corrected chi connectivity index (χ0v) is 23.4. The molecular formula is C25H26ClF3N4O7S. The molecule has 3 aromatic rings. The van der Waals surface area contributed by atoms with Crippen LogP contribution in [0.1, 0.15) is 24.5 Å². The molecule has 16 heteroatoms. The number of nitrogens with zero attached hydrogens (tertiary/aromatic N) is 3. The first-order chi connectivity index (χ1) is 19.5. The number of hydrogen-bond acceptors (Lipinski definition) is 9. The fourth-order valence-electron chi connectivity index (χ4n) is 3.19. The predicted molar refractivity (Wildman–Crippen MR) is 141 cm³/mol. The number of nitrogens with one attached hydrogen (secondary N) is 1. The number of aromatic nitrogens is 2. The smallest absolute Gasteiger partial charge is 0.430 e. The Bertz CT molecular complexity index is 1430. The van der Waals surface area contributed by atoms with Crippen LogP contribution in [0.3, 0.4) is 0 Å². The molecule has 0 aliphatic rings. The van der Waals surface area contributed by atoms with Gasteiger partial charge in [-0.2, -0.15) is 30.6 Å². The number of carbonyl (C=O) groups excluding carboxylic acids is 1. The molecule has 0 unspecified atom stereocenters. The Morgan fingerprint density at radius 2 is 1.83 bits per heavy atom. The molecule has 0 fully saturated rings. The normalized spacial score (nSPS) is 11.7. The molecule has 2 heterocycles. The molecule has 2 aromatic heterocycles. The predicted octanol–water partition coefficient (Wildman–Crippen LogP) is 5.21. The number of methoxy groups -OCH3 is 1. The lowest BCUT2D eigenvalue weighted by Gasteiger charge is -2.23. The standard InChI is InChI=1S/C25H26ClF3N4O7S/c1-3-11-33(41(35,36)32-15-17-7-9-30-10-8-17)24(34)40-22-20(38-13-12-37-2)5-4-6-21(22)39-23-19(26)14-18(16-31-23)25(27,28)29/h4-10,14,16,32H,3,11-13,15H2,1-2H3. The highest BCUT2D eigenvalue weighted by Gasteiger charge is 2.33. The Morgan fingerprint density at radius 3 is 2.46 bits per heavy atom. The summed E-state index contributed by atoms with van der Waals surface area (Å²) < 4.78 is 89.7. The first kappa shape index (κ1) is 31.9. The SMILES string of the molecule is CCCN(C(=O)Oc1c(OCCOC)cccc1Oc1ncc(C(F)(F)F)cc1Cl)S(=O)(=O)NCc1ccncc1. The van der Waals surface area contributed by atoms with Crippen LogP contribution in [0.15, 0.2) is 55.0 Å². The van der Waals surface area contributed by atoms with Crippen molar-refractivity contribution < 1.29 is 45.3 Å². The van der Waals surface area contributed by atoms with Crippen LogP contribution in [-0.4, -0.2) is 55.7 Å². The molecule has 0 aliphatic carbocycles. The van der Waals surface area contributed by atoms with Crippen molar-refractivity contribution in [2.45, 2.75) is 26.1 Å². The summed E-state index contributed by atoms with van der Waals surface area (Å²) in [5, 5.41) is -0.474. The van der Waals surface area contributed by atoms with Gasteiger partial charge in [-0.1, -0.05) is 24.6 Å². The number of pyridine rings is 2. The monoisotopic (exact) mass is 618 g/mol. The number of amides is 1. The molecule has 0 radical (unpaired) electrons. The minimum Gasteiger partial charge on any atom is -0.487 e. The van der Waals surface area contributed by atoms with Crippen LogP contribution in [0.25, 0.3) is 0 Å². The summed E-state index contributed by atoms with van der Waals surface area (Å²) >= 11 is 5.98. The van der Waals surface area contributed by atoms with Gasteiger partial charge in [-0.25, -0.2) is 9.78 Å². The summed E-state index contributed by atoms with van der Waals surface area (Å²) in [5.74, 6) is -1.07. The summed E-state index contributed by atoms with van der Waals surface area (Å²) in [4.78, 5) is 20.7.